The maximum absolute atomic E-state index is 13.0. The van der Waals surface area contributed by atoms with Crippen molar-refractivity contribution >= 4 is 17.7 Å². The molecular weight excluding hydrogens is 330 g/mol. The Bertz CT molecular complexity index is 725. The molecule has 25 heavy (non-hydrogen) atoms. The number of hydrogen-bond donors (Lipinski definition) is 0. The molecule has 0 aromatic heterocycles. The molecule has 0 aliphatic carbocycles. The SMILES string of the molecule is Cc1ccccc1CN(C)C(=O)c1ccccc1SCC1CCCO1. The van der Waals surface area contributed by atoms with E-state index in [0.717, 1.165) is 35.7 Å². The van der Waals surface area contributed by atoms with E-state index in [1.807, 2.05) is 43.4 Å². The maximum atomic E-state index is 13.0. The second kappa shape index (κ2) is 8.54. The van der Waals surface area contributed by atoms with E-state index in [1.54, 1.807) is 16.7 Å². The highest BCUT2D eigenvalue weighted by Crippen LogP contribution is 2.27. The van der Waals surface area contributed by atoms with Gasteiger partial charge in [-0.2, -0.15) is 0 Å². The fourth-order valence-electron chi connectivity index (χ4n) is 3.05. The van der Waals surface area contributed by atoms with Crippen LogP contribution in [0.3, 0.4) is 0 Å². The minimum Gasteiger partial charge on any atom is -0.377 e. The van der Waals surface area contributed by atoms with Gasteiger partial charge in [0.15, 0.2) is 0 Å². The molecule has 0 spiro atoms. The highest BCUT2D eigenvalue weighted by Gasteiger charge is 2.19. The summed E-state index contributed by atoms with van der Waals surface area (Å²) < 4.78 is 5.70. The molecule has 0 saturated carbocycles. The lowest BCUT2D eigenvalue weighted by atomic mass is 10.1. The van der Waals surface area contributed by atoms with Crippen molar-refractivity contribution in [3.05, 3.63) is 65.2 Å². The van der Waals surface area contributed by atoms with Crippen molar-refractivity contribution in [1.29, 1.82) is 0 Å². The van der Waals surface area contributed by atoms with Crippen LogP contribution < -0.4 is 0 Å². The lowest BCUT2D eigenvalue weighted by Crippen LogP contribution is -2.27. The Labute approximate surface area is 154 Å². The quantitative estimate of drug-likeness (QED) is 0.713. The molecule has 3 nitrogen and oxygen atoms in total. The van der Waals surface area contributed by atoms with Crippen LogP contribution in [-0.2, 0) is 11.3 Å². The van der Waals surface area contributed by atoms with Gasteiger partial charge in [-0.25, -0.2) is 0 Å². The van der Waals surface area contributed by atoms with Gasteiger partial charge < -0.3 is 9.64 Å². The Balaban J connectivity index is 1.69. The molecule has 1 fully saturated rings. The Kier molecular flexibility index (Phi) is 6.16. The third kappa shape index (κ3) is 4.65. The largest absolute Gasteiger partial charge is 0.377 e. The topological polar surface area (TPSA) is 29.5 Å². The number of carbonyl (C=O) groups excluding carboxylic acids is 1. The zero-order valence-electron chi connectivity index (χ0n) is 14.9. The summed E-state index contributed by atoms with van der Waals surface area (Å²) in [6.45, 7) is 3.57. The average Bonchev–Trinajstić information content (AvgIpc) is 3.15. The molecule has 0 bridgehead atoms. The van der Waals surface area contributed by atoms with Gasteiger partial charge in [0.1, 0.15) is 0 Å². The number of hydrogen-bond acceptors (Lipinski definition) is 3. The molecule has 1 aliphatic rings. The minimum absolute atomic E-state index is 0.0682. The fraction of sp³-hybridized carbons (Fsp3) is 0.381. The number of nitrogens with zero attached hydrogens (tertiary/aromatic N) is 1. The number of thioether (sulfide) groups is 1. The molecule has 1 aliphatic heterocycles. The van der Waals surface area contributed by atoms with E-state index in [2.05, 4.69) is 19.1 Å². The van der Waals surface area contributed by atoms with Gasteiger partial charge >= 0.3 is 0 Å². The molecule has 0 N–H and O–H groups in total. The van der Waals surface area contributed by atoms with Crippen molar-refractivity contribution in [2.24, 2.45) is 0 Å². The van der Waals surface area contributed by atoms with E-state index >= 15 is 0 Å². The van der Waals surface area contributed by atoms with Gasteiger partial charge in [0.05, 0.1) is 11.7 Å². The normalized spacial score (nSPS) is 16.8. The van der Waals surface area contributed by atoms with Crippen LogP contribution in [-0.4, -0.2) is 36.3 Å². The fourth-order valence-corrected chi connectivity index (χ4v) is 4.16. The number of ether oxygens (including phenoxy) is 1. The number of benzene rings is 2. The van der Waals surface area contributed by atoms with Crippen LogP contribution in [0.2, 0.25) is 0 Å². The standard InChI is InChI=1S/C21H25NO2S/c1-16-8-3-4-9-17(16)14-22(2)21(23)19-11-5-6-12-20(19)25-15-18-10-7-13-24-18/h3-6,8-9,11-12,18H,7,10,13-15H2,1-2H3. The van der Waals surface area contributed by atoms with Gasteiger partial charge in [-0.1, -0.05) is 36.4 Å². The average molecular weight is 356 g/mol. The molecule has 1 unspecified atom stereocenters. The molecule has 3 rings (SSSR count). The zero-order chi connectivity index (χ0) is 17.6. The summed E-state index contributed by atoms with van der Waals surface area (Å²) in [6.07, 6.45) is 2.58. The molecule has 2 aromatic carbocycles. The highest BCUT2D eigenvalue weighted by atomic mass is 32.2. The van der Waals surface area contributed by atoms with Gasteiger partial charge in [0.2, 0.25) is 0 Å². The van der Waals surface area contributed by atoms with E-state index in [0.29, 0.717) is 12.6 Å². The smallest absolute Gasteiger partial charge is 0.255 e. The molecule has 1 amide bonds. The van der Waals surface area contributed by atoms with Crippen LogP contribution in [0.5, 0.6) is 0 Å². The Hall–Kier alpha value is -1.78. The predicted molar refractivity (Wildman–Crippen MR) is 103 cm³/mol. The highest BCUT2D eigenvalue weighted by molar-refractivity contribution is 7.99. The van der Waals surface area contributed by atoms with E-state index in [4.69, 9.17) is 4.74 Å². The second-order valence-electron chi connectivity index (χ2n) is 6.53. The number of amides is 1. The third-order valence-corrected chi connectivity index (χ3v) is 5.79. The molecule has 1 heterocycles. The first-order chi connectivity index (χ1) is 12.1. The molecule has 2 aromatic rings. The van der Waals surface area contributed by atoms with E-state index in [1.165, 1.54) is 11.1 Å². The number of carbonyl (C=O) groups is 1. The Morgan fingerprint density at radius 1 is 1.20 bits per heavy atom. The molecule has 1 saturated heterocycles. The maximum Gasteiger partial charge on any atom is 0.255 e. The summed E-state index contributed by atoms with van der Waals surface area (Å²) in [5.41, 5.74) is 3.17. The van der Waals surface area contributed by atoms with Crippen LogP contribution in [0.1, 0.15) is 34.3 Å². The van der Waals surface area contributed by atoms with Crippen LogP contribution in [0, 0.1) is 6.92 Å². The van der Waals surface area contributed by atoms with Crippen LogP contribution in [0.15, 0.2) is 53.4 Å². The van der Waals surface area contributed by atoms with E-state index in [9.17, 15) is 4.79 Å². The van der Waals surface area contributed by atoms with Crippen molar-refractivity contribution in [2.75, 3.05) is 19.4 Å². The molecule has 132 valence electrons. The van der Waals surface area contributed by atoms with Gasteiger partial charge in [-0.3, -0.25) is 4.79 Å². The lowest BCUT2D eigenvalue weighted by molar-refractivity contribution is 0.0781. The first kappa shape index (κ1) is 18.0. The first-order valence-corrected chi connectivity index (χ1v) is 9.77. The Morgan fingerprint density at radius 3 is 2.72 bits per heavy atom. The minimum atomic E-state index is 0.0682. The van der Waals surface area contributed by atoms with E-state index < -0.39 is 0 Å². The Morgan fingerprint density at radius 2 is 1.96 bits per heavy atom. The number of aryl methyl sites for hydroxylation is 1. The van der Waals surface area contributed by atoms with Crippen LogP contribution in [0.4, 0.5) is 0 Å². The number of rotatable bonds is 6. The van der Waals surface area contributed by atoms with Gasteiger partial charge in [0, 0.05) is 30.8 Å². The van der Waals surface area contributed by atoms with E-state index in [-0.39, 0.29) is 5.91 Å². The van der Waals surface area contributed by atoms with Crippen molar-refractivity contribution in [2.45, 2.75) is 37.3 Å². The van der Waals surface area contributed by atoms with Crippen LogP contribution >= 0.6 is 11.8 Å². The van der Waals surface area contributed by atoms with Crippen molar-refractivity contribution in [3.63, 3.8) is 0 Å². The monoisotopic (exact) mass is 355 g/mol. The molecule has 4 heteroatoms. The molecule has 0 radical (unpaired) electrons. The van der Waals surface area contributed by atoms with Crippen molar-refractivity contribution in [3.8, 4) is 0 Å². The summed E-state index contributed by atoms with van der Waals surface area (Å²) in [7, 11) is 1.87. The molecular formula is C21H25NO2S. The summed E-state index contributed by atoms with van der Waals surface area (Å²) in [6, 6.07) is 16.1. The first-order valence-electron chi connectivity index (χ1n) is 8.78. The van der Waals surface area contributed by atoms with Gasteiger partial charge in [-0.15, -0.1) is 11.8 Å². The summed E-state index contributed by atoms with van der Waals surface area (Å²) in [4.78, 5) is 15.8. The zero-order valence-corrected chi connectivity index (χ0v) is 15.7. The van der Waals surface area contributed by atoms with Crippen molar-refractivity contribution < 1.29 is 9.53 Å². The predicted octanol–water partition coefficient (Wildman–Crippen LogP) is 4.54. The summed E-state index contributed by atoms with van der Waals surface area (Å²) in [5.74, 6) is 0.977. The van der Waals surface area contributed by atoms with Gasteiger partial charge in [-0.05, 0) is 43.0 Å². The third-order valence-electron chi connectivity index (χ3n) is 4.58. The second-order valence-corrected chi connectivity index (χ2v) is 7.59. The summed E-state index contributed by atoms with van der Waals surface area (Å²) >= 11 is 1.73. The van der Waals surface area contributed by atoms with Crippen LogP contribution in [0.25, 0.3) is 0 Å². The van der Waals surface area contributed by atoms with Gasteiger partial charge in [0.25, 0.3) is 5.91 Å². The lowest BCUT2D eigenvalue weighted by Gasteiger charge is -2.20. The van der Waals surface area contributed by atoms with Crippen molar-refractivity contribution in [1.82, 2.24) is 4.90 Å². The summed E-state index contributed by atoms with van der Waals surface area (Å²) in [5, 5.41) is 0. The molecule has 1 atom stereocenters.